The molecule has 1 aromatic rings. The van der Waals surface area contributed by atoms with E-state index in [9.17, 15) is 13.6 Å². The third kappa shape index (κ3) is 5.16. The van der Waals surface area contributed by atoms with Crippen LogP contribution in [-0.4, -0.2) is 67.4 Å². The zero-order valence-electron chi connectivity index (χ0n) is 13.4. The molecule has 1 fully saturated rings. The molecule has 1 aromatic carbocycles. The van der Waals surface area contributed by atoms with Crippen LogP contribution in [0.15, 0.2) is 29.2 Å². The number of alkyl halides is 2. The summed E-state index contributed by atoms with van der Waals surface area (Å²) in [5, 5.41) is 0. The van der Waals surface area contributed by atoms with Gasteiger partial charge in [-0.15, -0.1) is 0 Å². The summed E-state index contributed by atoms with van der Waals surface area (Å²) in [4.78, 5) is 17.0. The van der Waals surface area contributed by atoms with Crippen LogP contribution in [0.1, 0.15) is 17.3 Å². The van der Waals surface area contributed by atoms with Gasteiger partial charge in [0.25, 0.3) is 11.7 Å². The number of benzene rings is 1. The van der Waals surface area contributed by atoms with Gasteiger partial charge in [-0.2, -0.15) is 8.78 Å². The Kier molecular flexibility index (Phi) is 6.80. The lowest BCUT2D eigenvalue weighted by Crippen LogP contribution is -2.52. The van der Waals surface area contributed by atoms with Crippen molar-refractivity contribution in [1.29, 1.82) is 0 Å². The van der Waals surface area contributed by atoms with Gasteiger partial charge < -0.3 is 9.64 Å². The molecule has 2 rings (SSSR count). The molecule has 4 nitrogen and oxygen atoms in total. The summed E-state index contributed by atoms with van der Waals surface area (Å²) < 4.78 is 29.8. The summed E-state index contributed by atoms with van der Waals surface area (Å²) in [6, 6.07) is 6.71. The molecule has 0 radical (unpaired) electrons. The third-order valence-corrected chi connectivity index (χ3v) is 4.68. The summed E-state index contributed by atoms with van der Waals surface area (Å²) in [5.74, 6) is -2.49. The SMILES string of the molecule is COCC(C)N1CCN(C(=O)c2ccc(SC(F)F)cc2)CC1. The second-order valence-electron chi connectivity index (χ2n) is 5.54. The van der Waals surface area contributed by atoms with Crippen LogP contribution in [0.4, 0.5) is 8.78 Å². The van der Waals surface area contributed by atoms with E-state index in [-0.39, 0.29) is 5.91 Å². The molecule has 7 heteroatoms. The van der Waals surface area contributed by atoms with E-state index in [0.717, 1.165) is 13.1 Å². The highest BCUT2D eigenvalue weighted by Gasteiger charge is 2.24. The van der Waals surface area contributed by atoms with E-state index in [1.165, 1.54) is 0 Å². The van der Waals surface area contributed by atoms with E-state index in [4.69, 9.17) is 4.74 Å². The van der Waals surface area contributed by atoms with E-state index in [0.29, 0.717) is 48.0 Å². The van der Waals surface area contributed by atoms with Gasteiger partial charge in [0.2, 0.25) is 0 Å². The van der Waals surface area contributed by atoms with Crippen molar-refractivity contribution in [2.24, 2.45) is 0 Å². The van der Waals surface area contributed by atoms with Crippen LogP contribution in [-0.2, 0) is 4.74 Å². The quantitative estimate of drug-likeness (QED) is 0.743. The smallest absolute Gasteiger partial charge is 0.288 e. The summed E-state index contributed by atoms with van der Waals surface area (Å²) in [5.41, 5.74) is 0.544. The molecule has 0 spiro atoms. The summed E-state index contributed by atoms with van der Waals surface area (Å²) >= 11 is 0.486. The van der Waals surface area contributed by atoms with Crippen LogP contribution in [0.5, 0.6) is 0 Å². The highest BCUT2D eigenvalue weighted by atomic mass is 32.2. The Morgan fingerprint density at radius 1 is 1.22 bits per heavy atom. The van der Waals surface area contributed by atoms with Gasteiger partial charge in [0, 0.05) is 49.8 Å². The minimum Gasteiger partial charge on any atom is -0.383 e. The molecular formula is C16H22F2N2O2S. The molecule has 1 saturated heterocycles. The first kappa shape index (κ1) is 18.2. The number of halogens is 2. The molecule has 0 N–H and O–H groups in total. The number of amides is 1. The number of carbonyl (C=O) groups excluding carboxylic acids is 1. The second kappa shape index (κ2) is 8.61. The van der Waals surface area contributed by atoms with E-state index in [1.54, 1.807) is 31.4 Å². The van der Waals surface area contributed by atoms with Crippen molar-refractivity contribution in [2.45, 2.75) is 23.6 Å². The van der Waals surface area contributed by atoms with Gasteiger partial charge in [0.1, 0.15) is 0 Å². The summed E-state index contributed by atoms with van der Waals surface area (Å²) in [7, 11) is 1.69. The fourth-order valence-electron chi connectivity index (χ4n) is 2.67. The fraction of sp³-hybridized carbons (Fsp3) is 0.562. The maximum atomic E-state index is 12.5. The number of hydrogen-bond acceptors (Lipinski definition) is 4. The normalized spacial score (nSPS) is 17.5. The van der Waals surface area contributed by atoms with Crippen molar-refractivity contribution in [3.05, 3.63) is 29.8 Å². The number of nitrogens with zero attached hydrogens (tertiary/aromatic N) is 2. The highest BCUT2D eigenvalue weighted by Crippen LogP contribution is 2.25. The Hall–Kier alpha value is -1.18. The molecule has 1 unspecified atom stereocenters. The lowest BCUT2D eigenvalue weighted by atomic mass is 10.1. The standard InChI is InChI=1S/C16H22F2N2O2S/c1-12(11-22-2)19-7-9-20(10-8-19)15(21)13-3-5-14(6-4-13)23-16(17)18/h3-6,12,16H,7-11H2,1-2H3. The fourth-order valence-corrected chi connectivity index (χ4v) is 3.17. The lowest BCUT2D eigenvalue weighted by molar-refractivity contribution is 0.0449. The molecule has 1 heterocycles. The Labute approximate surface area is 139 Å². The first-order chi connectivity index (χ1) is 11.0. The van der Waals surface area contributed by atoms with Crippen molar-refractivity contribution in [2.75, 3.05) is 39.9 Å². The van der Waals surface area contributed by atoms with E-state index >= 15 is 0 Å². The molecule has 1 aliphatic heterocycles. The maximum Gasteiger partial charge on any atom is 0.288 e. The Balaban J connectivity index is 1.89. The predicted molar refractivity (Wildman–Crippen MR) is 87.1 cm³/mol. The van der Waals surface area contributed by atoms with Crippen molar-refractivity contribution in [3.8, 4) is 0 Å². The van der Waals surface area contributed by atoms with Crippen LogP contribution in [0, 0.1) is 0 Å². The van der Waals surface area contributed by atoms with Crippen LogP contribution < -0.4 is 0 Å². The van der Waals surface area contributed by atoms with Crippen LogP contribution in [0.3, 0.4) is 0 Å². The predicted octanol–water partition coefficient (Wildman–Crippen LogP) is 2.79. The zero-order valence-corrected chi connectivity index (χ0v) is 14.2. The van der Waals surface area contributed by atoms with Crippen molar-refractivity contribution in [1.82, 2.24) is 9.80 Å². The number of ether oxygens (including phenoxy) is 1. The molecule has 1 amide bonds. The third-order valence-electron chi connectivity index (χ3n) is 3.96. The molecular weight excluding hydrogens is 322 g/mol. The van der Waals surface area contributed by atoms with Crippen LogP contribution in [0.25, 0.3) is 0 Å². The number of hydrogen-bond donors (Lipinski definition) is 0. The maximum absolute atomic E-state index is 12.5. The molecule has 128 valence electrons. The second-order valence-corrected chi connectivity index (χ2v) is 6.60. The highest BCUT2D eigenvalue weighted by molar-refractivity contribution is 7.99. The average Bonchev–Trinajstić information content (AvgIpc) is 2.55. The Morgan fingerprint density at radius 2 is 1.83 bits per heavy atom. The van der Waals surface area contributed by atoms with Gasteiger partial charge in [-0.25, -0.2) is 0 Å². The molecule has 0 bridgehead atoms. The summed E-state index contributed by atoms with van der Waals surface area (Å²) in [6.07, 6.45) is 0. The van der Waals surface area contributed by atoms with E-state index in [2.05, 4.69) is 11.8 Å². The molecule has 0 aromatic heterocycles. The van der Waals surface area contributed by atoms with E-state index in [1.807, 2.05) is 4.90 Å². The van der Waals surface area contributed by atoms with Crippen molar-refractivity contribution < 1.29 is 18.3 Å². The molecule has 0 aliphatic carbocycles. The number of thioether (sulfide) groups is 1. The largest absolute Gasteiger partial charge is 0.383 e. The number of carbonyl (C=O) groups is 1. The van der Waals surface area contributed by atoms with Crippen LogP contribution >= 0.6 is 11.8 Å². The van der Waals surface area contributed by atoms with Gasteiger partial charge in [-0.3, -0.25) is 9.69 Å². The summed E-state index contributed by atoms with van der Waals surface area (Å²) in [6.45, 7) is 5.75. The minimum atomic E-state index is -2.45. The minimum absolute atomic E-state index is 0.0439. The van der Waals surface area contributed by atoms with Gasteiger partial charge in [-0.1, -0.05) is 11.8 Å². The molecule has 0 saturated carbocycles. The average molecular weight is 344 g/mol. The topological polar surface area (TPSA) is 32.8 Å². The van der Waals surface area contributed by atoms with Gasteiger partial charge in [0.15, 0.2) is 0 Å². The zero-order chi connectivity index (χ0) is 16.8. The van der Waals surface area contributed by atoms with Gasteiger partial charge in [-0.05, 0) is 31.2 Å². The Morgan fingerprint density at radius 3 is 2.35 bits per heavy atom. The van der Waals surface area contributed by atoms with E-state index < -0.39 is 5.76 Å². The van der Waals surface area contributed by atoms with Gasteiger partial charge in [0.05, 0.1) is 6.61 Å². The lowest BCUT2D eigenvalue weighted by Gasteiger charge is -2.37. The van der Waals surface area contributed by atoms with Crippen LogP contribution in [0.2, 0.25) is 0 Å². The van der Waals surface area contributed by atoms with Crippen molar-refractivity contribution >= 4 is 17.7 Å². The molecule has 23 heavy (non-hydrogen) atoms. The number of piperazine rings is 1. The first-order valence-electron chi connectivity index (χ1n) is 7.58. The Bertz CT molecular complexity index is 505. The molecule has 1 atom stereocenters. The first-order valence-corrected chi connectivity index (χ1v) is 8.46. The number of methoxy groups -OCH3 is 1. The monoisotopic (exact) mass is 344 g/mol. The number of rotatable bonds is 6. The van der Waals surface area contributed by atoms with Gasteiger partial charge >= 0.3 is 0 Å². The van der Waals surface area contributed by atoms with Crippen molar-refractivity contribution in [3.63, 3.8) is 0 Å². The molecule has 1 aliphatic rings.